The summed E-state index contributed by atoms with van der Waals surface area (Å²) >= 11 is 5.90. The first-order valence-electron chi connectivity index (χ1n) is 5.96. The topological polar surface area (TPSA) is 63.7 Å². The lowest BCUT2D eigenvalue weighted by Crippen LogP contribution is -2.31. The Balaban J connectivity index is 1.86. The van der Waals surface area contributed by atoms with Crippen molar-refractivity contribution in [2.45, 2.75) is 11.7 Å². The summed E-state index contributed by atoms with van der Waals surface area (Å²) in [5, 5.41) is -0.820. The van der Waals surface area contributed by atoms with Crippen molar-refractivity contribution in [2.24, 2.45) is 0 Å². The van der Waals surface area contributed by atoms with Crippen LogP contribution in [-0.2, 0) is 15.0 Å². The van der Waals surface area contributed by atoms with Crippen molar-refractivity contribution in [3.8, 4) is 5.75 Å². The predicted molar refractivity (Wildman–Crippen MR) is 72.0 cm³/mol. The number of carbonyl (C=O) groups excluding carboxylic acids is 1. The number of likely N-dealkylation sites (tertiary alicyclic amines) is 1. The molecule has 5 nitrogen and oxygen atoms in total. The second kappa shape index (κ2) is 5.97. The molecule has 1 unspecified atom stereocenters. The SMILES string of the molecule is O=C1CC(S(=O)(=O)F)CN1CCOc1ccccc1Cl. The molecular formula is C12H13ClFNO4S. The summed E-state index contributed by atoms with van der Waals surface area (Å²) < 4.78 is 39.8. The van der Waals surface area contributed by atoms with Crippen molar-refractivity contribution in [1.82, 2.24) is 4.90 Å². The molecule has 0 saturated carbocycles. The molecule has 1 aliphatic rings. The van der Waals surface area contributed by atoms with Crippen LogP contribution < -0.4 is 4.74 Å². The van der Waals surface area contributed by atoms with Gasteiger partial charge in [-0.05, 0) is 12.1 Å². The number of rotatable bonds is 5. The summed E-state index contributed by atoms with van der Waals surface area (Å²) in [6.45, 7) is 0.216. The standard InChI is InChI=1S/C12H13ClFNO4S/c13-10-3-1-2-4-11(10)19-6-5-15-8-9(7-12(15)16)20(14,17)18/h1-4,9H,5-8H2. The number of benzene rings is 1. The van der Waals surface area contributed by atoms with E-state index >= 15 is 0 Å². The molecule has 0 N–H and O–H groups in total. The second-order valence-electron chi connectivity index (χ2n) is 4.42. The van der Waals surface area contributed by atoms with Crippen LogP contribution in [0.15, 0.2) is 24.3 Å². The average Bonchev–Trinajstić information content (AvgIpc) is 2.73. The van der Waals surface area contributed by atoms with Crippen LogP contribution >= 0.6 is 11.6 Å². The van der Waals surface area contributed by atoms with Crippen LogP contribution in [-0.4, -0.2) is 44.2 Å². The van der Waals surface area contributed by atoms with Crippen LogP contribution in [0.2, 0.25) is 5.02 Å². The van der Waals surface area contributed by atoms with Gasteiger partial charge in [-0.1, -0.05) is 23.7 Å². The molecule has 0 bridgehead atoms. The van der Waals surface area contributed by atoms with E-state index in [9.17, 15) is 17.1 Å². The Morgan fingerprint density at radius 1 is 1.40 bits per heavy atom. The number of hydrogen-bond donors (Lipinski definition) is 0. The zero-order valence-corrected chi connectivity index (χ0v) is 12.0. The molecule has 0 aromatic heterocycles. The molecule has 1 saturated heterocycles. The molecule has 1 aromatic rings. The Morgan fingerprint density at radius 3 is 2.70 bits per heavy atom. The van der Waals surface area contributed by atoms with Gasteiger partial charge >= 0.3 is 10.2 Å². The fourth-order valence-corrected chi connectivity index (χ4v) is 2.86. The van der Waals surface area contributed by atoms with E-state index in [1.807, 2.05) is 0 Å². The van der Waals surface area contributed by atoms with Crippen LogP contribution in [0.3, 0.4) is 0 Å². The summed E-state index contributed by atoms with van der Waals surface area (Å²) in [6.07, 6.45) is -0.315. The van der Waals surface area contributed by atoms with Crippen LogP contribution in [0.25, 0.3) is 0 Å². The van der Waals surface area contributed by atoms with Gasteiger partial charge in [-0.15, -0.1) is 3.89 Å². The molecule has 20 heavy (non-hydrogen) atoms. The Kier molecular flexibility index (Phi) is 4.49. The maximum atomic E-state index is 12.8. The van der Waals surface area contributed by atoms with Crippen molar-refractivity contribution in [3.05, 3.63) is 29.3 Å². The first-order valence-corrected chi connectivity index (χ1v) is 7.79. The lowest BCUT2D eigenvalue weighted by molar-refractivity contribution is -0.128. The Hall–Kier alpha value is -1.34. The minimum absolute atomic E-state index is 0.135. The van der Waals surface area contributed by atoms with Gasteiger partial charge in [0.1, 0.15) is 17.6 Å². The fraction of sp³-hybridized carbons (Fsp3) is 0.417. The van der Waals surface area contributed by atoms with Crippen LogP contribution in [0.1, 0.15) is 6.42 Å². The van der Waals surface area contributed by atoms with Crippen molar-refractivity contribution in [2.75, 3.05) is 19.7 Å². The Bertz CT molecular complexity index is 607. The molecule has 2 rings (SSSR count). The zero-order valence-electron chi connectivity index (χ0n) is 10.5. The molecule has 8 heteroatoms. The van der Waals surface area contributed by atoms with Gasteiger partial charge in [-0.25, -0.2) is 0 Å². The van der Waals surface area contributed by atoms with Gasteiger partial charge in [-0.3, -0.25) is 4.79 Å². The van der Waals surface area contributed by atoms with Gasteiger partial charge in [0.05, 0.1) is 11.6 Å². The van der Waals surface area contributed by atoms with E-state index in [0.29, 0.717) is 10.8 Å². The summed E-state index contributed by atoms with van der Waals surface area (Å²) in [4.78, 5) is 12.8. The highest BCUT2D eigenvalue weighted by molar-refractivity contribution is 7.87. The van der Waals surface area contributed by atoms with Crippen molar-refractivity contribution in [3.63, 3.8) is 0 Å². The molecule has 1 heterocycles. The van der Waals surface area contributed by atoms with E-state index in [1.54, 1.807) is 24.3 Å². The minimum atomic E-state index is -4.68. The molecular weight excluding hydrogens is 309 g/mol. The van der Waals surface area contributed by atoms with Gasteiger partial charge in [0.2, 0.25) is 5.91 Å². The van der Waals surface area contributed by atoms with Crippen molar-refractivity contribution in [1.29, 1.82) is 0 Å². The number of hydrogen-bond acceptors (Lipinski definition) is 4. The van der Waals surface area contributed by atoms with Gasteiger partial charge in [-0.2, -0.15) is 8.42 Å². The first-order chi connectivity index (χ1) is 9.38. The molecule has 0 spiro atoms. The summed E-state index contributed by atoms with van der Waals surface area (Å²) in [5.41, 5.74) is 0. The third kappa shape index (κ3) is 3.61. The van der Waals surface area contributed by atoms with Crippen LogP contribution in [0.5, 0.6) is 5.75 Å². The van der Waals surface area contributed by atoms with E-state index in [2.05, 4.69) is 0 Å². The molecule has 1 fully saturated rings. The normalized spacial score (nSPS) is 19.4. The molecule has 0 aliphatic carbocycles. The largest absolute Gasteiger partial charge is 0.490 e. The van der Waals surface area contributed by atoms with E-state index in [0.717, 1.165) is 0 Å². The van der Waals surface area contributed by atoms with E-state index in [-0.39, 0.29) is 32.0 Å². The predicted octanol–water partition coefficient (Wildman–Crippen LogP) is 1.62. The molecule has 1 amide bonds. The van der Waals surface area contributed by atoms with Crippen molar-refractivity contribution >= 4 is 27.7 Å². The number of halogens is 2. The van der Waals surface area contributed by atoms with Gasteiger partial charge in [0, 0.05) is 13.0 Å². The van der Waals surface area contributed by atoms with Crippen LogP contribution in [0, 0.1) is 0 Å². The lowest BCUT2D eigenvalue weighted by Gasteiger charge is -2.16. The summed E-state index contributed by atoms with van der Waals surface area (Å²) in [5.74, 6) is 0.0921. The number of ether oxygens (including phenoxy) is 1. The molecule has 0 radical (unpaired) electrons. The molecule has 1 aliphatic heterocycles. The Morgan fingerprint density at radius 2 is 2.10 bits per heavy atom. The highest BCUT2D eigenvalue weighted by atomic mass is 35.5. The number of amides is 1. The highest BCUT2D eigenvalue weighted by Gasteiger charge is 2.38. The quantitative estimate of drug-likeness (QED) is 0.773. The molecule has 110 valence electrons. The van der Waals surface area contributed by atoms with E-state index in [4.69, 9.17) is 16.3 Å². The lowest BCUT2D eigenvalue weighted by atomic mass is 10.3. The average molecular weight is 322 g/mol. The van der Waals surface area contributed by atoms with E-state index < -0.39 is 15.5 Å². The van der Waals surface area contributed by atoms with Gasteiger partial charge in [0.25, 0.3) is 0 Å². The number of carbonyl (C=O) groups is 1. The Labute approximate surface area is 121 Å². The monoisotopic (exact) mass is 321 g/mol. The third-order valence-electron chi connectivity index (χ3n) is 3.03. The van der Waals surface area contributed by atoms with Crippen molar-refractivity contribution < 1.29 is 21.8 Å². The number of nitrogens with zero attached hydrogens (tertiary/aromatic N) is 1. The summed E-state index contributed by atoms with van der Waals surface area (Å²) in [6, 6.07) is 6.87. The summed E-state index contributed by atoms with van der Waals surface area (Å²) in [7, 11) is -4.68. The smallest absolute Gasteiger partial charge is 0.307 e. The first kappa shape index (κ1) is 15.1. The van der Waals surface area contributed by atoms with E-state index in [1.165, 1.54) is 4.90 Å². The highest BCUT2D eigenvalue weighted by Crippen LogP contribution is 2.23. The zero-order chi connectivity index (χ0) is 14.8. The maximum absolute atomic E-state index is 12.8. The third-order valence-corrected chi connectivity index (χ3v) is 4.46. The van der Waals surface area contributed by atoms with Gasteiger partial charge in [0.15, 0.2) is 0 Å². The minimum Gasteiger partial charge on any atom is -0.490 e. The van der Waals surface area contributed by atoms with Gasteiger partial charge < -0.3 is 9.64 Å². The number of para-hydroxylation sites is 1. The fourth-order valence-electron chi connectivity index (χ4n) is 1.97. The maximum Gasteiger partial charge on any atom is 0.307 e. The second-order valence-corrected chi connectivity index (χ2v) is 6.45. The molecule has 1 atom stereocenters. The van der Waals surface area contributed by atoms with Crippen LogP contribution in [0.4, 0.5) is 3.89 Å². The molecule has 1 aromatic carbocycles.